The van der Waals surface area contributed by atoms with Crippen LogP contribution in [-0.2, 0) is 20.3 Å². The molecule has 1 rings (SSSR count). The number of nitrogens with one attached hydrogen (secondary N) is 1. The summed E-state index contributed by atoms with van der Waals surface area (Å²) >= 11 is 0. The predicted octanol–water partition coefficient (Wildman–Crippen LogP) is 3.24. The van der Waals surface area contributed by atoms with Crippen LogP contribution in [0.5, 0.6) is 0 Å². The number of aliphatic hydroxyl groups is 1. The van der Waals surface area contributed by atoms with Gasteiger partial charge in [-0.1, -0.05) is 61.9 Å². The third kappa shape index (κ3) is 13.0. The second-order valence-electron chi connectivity index (χ2n) is 7.20. The van der Waals surface area contributed by atoms with Gasteiger partial charge in [0.25, 0.3) is 0 Å². The molecule has 160 valence electrons. The number of phosphoric ester groups is 1. The lowest BCUT2D eigenvalue weighted by Crippen LogP contribution is -2.40. The molecule has 0 aliphatic carbocycles. The number of hydrogen-bond acceptors (Lipinski definition) is 4. The molecule has 0 saturated heterocycles. The molecule has 0 saturated carbocycles. The Kier molecular flexibility index (Phi) is 12.3. The topological polar surface area (TPSA) is 116 Å². The van der Waals surface area contributed by atoms with Crippen molar-refractivity contribution in [1.82, 2.24) is 5.32 Å². The maximum atomic E-state index is 11.8. The number of carbonyl (C=O) groups excluding carboxylic acids is 1. The highest BCUT2D eigenvalue weighted by molar-refractivity contribution is 7.46. The third-order valence-electron chi connectivity index (χ3n) is 4.48. The number of aliphatic hydroxyl groups excluding tert-OH is 1. The summed E-state index contributed by atoms with van der Waals surface area (Å²) in [6, 6.07) is 7.83. The van der Waals surface area contributed by atoms with Gasteiger partial charge in [0.05, 0.1) is 19.3 Å². The van der Waals surface area contributed by atoms with Crippen molar-refractivity contribution in [3.05, 3.63) is 35.4 Å². The van der Waals surface area contributed by atoms with Gasteiger partial charge in [0.1, 0.15) is 0 Å². The lowest BCUT2D eigenvalue weighted by molar-refractivity contribution is -0.122. The minimum atomic E-state index is -4.60. The van der Waals surface area contributed by atoms with Gasteiger partial charge in [-0.15, -0.1) is 0 Å². The second-order valence-corrected chi connectivity index (χ2v) is 8.44. The SMILES string of the molecule is Cc1cccc(CCCCCCCCCC(=O)N[C@H](CO)COP(=O)(O)O)c1. The Balaban J connectivity index is 1.99. The van der Waals surface area contributed by atoms with Crippen LogP contribution in [0.3, 0.4) is 0 Å². The van der Waals surface area contributed by atoms with E-state index in [1.807, 2.05) is 0 Å². The maximum absolute atomic E-state index is 11.8. The summed E-state index contributed by atoms with van der Waals surface area (Å²) in [4.78, 5) is 29.1. The number of carbonyl (C=O) groups is 1. The molecule has 7 nitrogen and oxygen atoms in total. The van der Waals surface area contributed by atoms with E-state index in [0.29, 0.717) is 6.42 Å². The highest BCUT2D eigenvalue weighted by Gasteiger charge is 2.19. The van der Waals surface area contributed by atoms with Crippen molar-refractivity contribution in [3.8, 4) is 0 Å². The first-order valence-corrected chi connectivity index (χ1v) is 11.5. The van der Waals surface area contributed by atoms with Crippen molar-refractivity contribution in [2.75, 3.05) is 13.2 Å². The fraction of sp³-hybridized carbons (Fsp3) is 0.650. The quantitative estimate of drug-likeness (QED) is 0.258. The maximum Gasteiger partial charge on any atom is 0.469 e. The van der Waals surface area contributed by atoms with E-state index in [2.05, 4.69) is 41.0 Å². The van der Waals surface area contributed by atoms with E-state index in [1.165, 1.54) is 30.4 Å². The van der Waals surface area contributed by atoms with E-state index in [0.717, 1.165) is 32.1 Å². The van der Waals surface area contributed by atoms with Gasteiger partial charge < -0.3 is 20.2 Å². The Morgan fingerprint density at radius 3 is 2.36 bits per heavy atom. The molecule has 0 aromatic heterocycles. The van der Waals surface area contributed by atoms with E-state index in [9.17, 15) is 9.36 Å². The normalized spacial score (nSPS) is 12.7. The zero-order chi connectivity index (χ0) is 20.8. The van der Waals surface area contributed by atoms with Crippen molar-refractivity contribution in [3.63, 3.8) is 0 Å². The largest absolute Gasteiger partial charge is 0.469 e. The van der Waals surface area contributed by atoms with E-state index < -0.39 is 27.1 Å². The summed E-state index contributed by atoms with van der Waals surface area (Å²) in [5.41, 5.74) is 2.71. The van der Waals surface area contributed by atoms with Gasteiger partial charge in [0, 0.05) is 6.42 Å². The number of aryl methyl sites for hydroxylation is 2. The zero-order valence-electron chi connectivity index (χ0n) is 16.7. The minimum Gasteiger partial charge on any atom is -0.394 e. The fourth-order valence-corrected chi connectivity index (χ4v) is 3.37. The van der Waals surface area contributed by atoms with Gasteiger partial charge in [0.15, 0.2) is 0 Å². The van der Waals surface area contributed by atoms with Crippen LogP contribution in [0.25, 0.3) is 0 Å². The Morgan fingerprint density at radius 1 is 1.11 bits per heavy atom. The number of hydrogen-bond donors (Lipinski definition) is 4. The van der Waals surface area contributed by atoms with Gasteiger partial charge >= 0.3 is 7.82 Å². The molecule has 28 heavy (non-hydrogen) atoms. The summed E-state index contributed by atoms with van der Waals surface area (Å²) in [6.45, 7) is 1.26. The smallest absolute Gasteiger partial charge is 0.394 e. The molecular formula is C20H34NO6P. The summed E-state index contributed by atoms with van der Waals surface area (Å²) < 4.78 is 14.9. The van der Waals surface area contributed by atoms with E-state index >= 15 is 0 Å². The lowest BCUT2D eigenvalue weighted by atomic mass is 10.0. The monoisotopic (exact) mass is 415 g/mol. The summed E-state index contributed by atoms with van der Waals surface area (Å²) in [7, 11) is -4.60. The van der Waals surface area contributed by atoms with E-state index in [-0.39, 0.29) is 5.91 Å². The van der Waals surface area contributed by atoms with Crippen LogP contribution in [0.2, 0.25) is 0 Å². The van der Waals surface area contributed by atoms with Crippen LogP contribution in [0.4, 0.5) is 0 Å². The molecule has 0 fully saturated rings. The molecule has 0 spiro atoms. The van der Waals surface area contributed by atoms with Crippen molar-refractivity contribution < 1.29 is 28.8 Å². The Labute approximate surface area is 167 Å². The van der Waals surface area contributed by atoms with Crippen LogP contribution in [0, 0.1) is 6.92 Å². The zero-order valence-corrected chi connectivity index (χ0v) is 17.6. The molecule has 1 aromatic carbocycles. The Bertz CT molecular complexity index is 618. The molecule has 0 unspecified atom stereocenters. The van der Waals surface area contributed by atoms with Crippen molar-refractivity contribution in [2.24, 2.45) is 0 Å². The Morgan fingerprint density at radius 2 is 1.75 bits per heavy atom. The summed E-state index contributed by atoms with van der Waals surface area (Å²) in [6.07, 6.45) is 9.04. The lowest BCUT2D eigenvalue weighted by Gasteiger charge is -2.16. The van der Waals surface area contributed by atoms with Crippen LogP contribution >= 0.6 is 7.82 Å². The molecule has 1 amide bonds. The van der Waals surface area contributed by atoms with Gasteiger partial charge in [-0.2, -0.15) is 0 Å². The van der Waals surface area contributed by atoms with Crippen LogP contribution < -0.4 is 5.32 Å². The van der Waals surface area contributed by atoms with Gasteiger partial charge in [-0.25, -0.2) is 4.57 Å². The molecular weight excluding hydrogens is 381 g/mol. The minimum absolute atomic E-state index is 0.244. The standard InChI is InChI=1S/C20H34NO6P/c1-17-10-9-12-18(14-17)11-7-5-3-2-4-6-8-13-20(23)21-19(15-22)16-27-28(24,25)26/h9-10,12,14,19,22H,2-8,11,13,15-16H2,1H3,(H,21,23)(H2,24,25,26)/t19-/m1/s1. The van der Waals surface area contributed by atoms with Gasteiger partial charge in [-0.3, -0.25) is 9.32 Å². The molecule has 1 atom stereocenters. The third-order valence-corrected chi connectivity index (χ3v) is 4.97. The van der Waals surface area contributed by atoms with Crippen molar-refractivity contribution in [2.45, 2.75) is 70.8 Å². The van der Waals surface area contributed by atoms with Crippen molar-refractivity contribution in [1.29, 1.82) is 0 Å². The molecule has 0 radical (unpaired) electrons. The average Bonchev–Trinajstić information content (AvgIpc) is 2.63. The number of benzene rings is 1. The molecule has 0 bridgehead atoms. The first-order chi connectivity index (χ1) is 13.3. The number of amides is 1. The highest BCUT2D eigenvalue weighted by atomic mass is 31.2. The summed E-state index contributed by atoms with van der Waals surface area (Å²) in [5.74, 6) is -0.244. The van der Waals surface area contributed by atoms with Gasteiger partial charge in [-0.05, 0) is 31.7 Å². The van der Waals surface area contributed by atoms with Crippen LogP contribution in [0.15, 0.2) is 24.3 Å². The summed E-state index contributed by atoms with van der Waals surface area (Å²) in [5, 5.41) is 11.6. The first kappa shape index (κ1) is 24.8. The number of unbranched alkanes of at least 4 members (excludes halogenated alkanes) is 6. The predicted molar refractivity (Wildman–Crippen MR) is 109 cm³/mol. The molecule has 0 aliphatic rings. The van der Waals surface area contributed by atoms with Gasteiger partial charge in [0.2, 0.25) is 5.91 Å². The molecule has 0 heterocycles. The second kappa shape index (κ2) is 13.9. The number of rotatable bonds is 15. The molecule has 0 aliphatic heterocycles. The highest BCUT2D eigenvalue weighted by Crippen LogP contribution is 2.35. The van der Waals surface area contributed by atoms with E-state index in [4.69, 9.17) is 14.9 Å². The van der Waals surface area contributed by atoms with Crippen LogP contribution in [-0.4, -0.2) is 40.1 Å². The van der Waals surface area contributed by atoms with E-state index in [1.54, 1.807) is 0 Å². The number of phosphoric acid groups is 1. The average molecular weight is 415 g/mol. The molecule has 8 heteroatoms. The first-order valence-electron chi connectivity index (χ1n) is 9.96. The fourth-order valence-electron chi connectivity index (χ4n) is 2.99. The molecule has 1 aromatic rings. The molecule has 4 N–H and O–H groups in total. The van der Waals surface area contributed by atoms with Crippen LogP contribution in [0.1, 0.15) is 62.5 Å². The Hall–Kier alpha value is -1.24. The van der Waals surface area contributed by atoms with Crippen molar-refractivity contribution >= 4 is 13.7 Å².